The van der Waals surface area contributed by atoms with Gasteiger partial charge in [0.1, 0.15) is 23.8 Å². The van der Waals surface area contributed by atoms with Crippen molar-refractivity contribution in [2.75, 3.05) is 19.5 Å². The lowest BCUT2D eigenvalue weighted by Gasteiger charge is -2.13. The number of aliphatic hydroxyl groups excluding tert-OH is 1. The number of aryl methyl sites for hydroxylation is 1. The van der Waals surface area contributed by atoms with E-state index < -0.39 is 6.10 Å². The van der Waals surface area contributed by atoms with Crippen LogP contribution in [0.5, 0.6) is 11.5 Å². The van der Waals surface area contributed by atoms with Gasteiger partial charge in [0.2, 0.25) is 5.16 Å². The highest BCUT2D eigenvalue weighted by Crippen LogP contribution is 2.27. The summed E-state index contributed by atoms with van der Waals surface area (Å²) in [5.74, 6) is 1.67. The van der Waals surface area contributed by atoms with Crippen molar-refractivity contribution in [2.45, 2.75) is 24.6 Å². The maximum atomic E-state index is 10.3. The summed E-state index contributed by atoms with van der Waals surface area (Å²) in [5, 5.41) is 31.4. The molecule has 2 aromatic carbocycles. The zero-order chi connectivity index (χ0) is 20.6. The largest absolute Gasteiger partial charge is 0.494 e. The van der Waals surface area contributed by atoms with Crippen molar-refractivity contribution < 1.29 is 14.6 Å². The number of thioether (sulfide) groups is 1. The van der Waals surface area contributed by atoms with E-state index in [1.54, 1.807) is 23.9 Å². The topological polar surface area (TPSA) is 106 Å². The molecule has 0 bridgehead atoms. The highest BCUT2D eigenvalue weighted by Gasteiger charge is 2.16. The molecule has 3 rings (SSSR count). The molecule has 8 nitrogen and oxygen atoms in total. The summed E-state index contributed by atoms with van der Waals surface area (Å²) in [6, 6.07) is 15.1. The number of aliphatic hydroxyl groups is 1. The van der Waals surface area contributed by atoms with Crippen LogP contribution in [0, 0.1) is 18.3 Å². The molecule has 150 valence electrons. The number of hydrogen-bond donors (Lipinski definition) is 1. The molecule has 1 heterocycles. The van der Waals surface area contributed by atoms with Crippen molar-refractivity contribution >= 4 is 11.8 Å². The highest BCUT2D eigenvalue weighted by atomic mass is 32.2. The van der Waals surface area contributed by atoms with Crippen molar-refractivity contribution in [3.8, 4) is 23.3 Å². The Morgan fingerprint density at radius 1 is 1.24 bits per heavy atom. The second-order valence-corrected chi connectivity index (χ2v) is 7.29. The molecule has 3 aromatic rings. The highest BCUT2D eigenvalue weighted by molar-refractivity contribution is 7.99. The fourth-order valence-corrected chi connectivity index (χ4v) is 3.38. The van der Waals surface area contributed by atoms with Crippen molar-refractivity contribution in [1.29, 1.82) is 5.26 Å². The Kier molecular flexibility index (Phi) is 7.05. The van der Waals surface area contributed by atoms with E-state index in [9.17, 15) is 5.11 Å². The van der Waals surface area contributed by atoms with Crippen LogP contribution >= 0.6 is 11.8 Å². The fraction of sp³-hybridized carbons (Fsp3) is 0.300. The molecular formula is C20H21N5O3S. The molecule has 1 aromatic heterocycles. The zero-order valence-electron chi connectivity index (χ0n) is 16.1. The first-order valence-corrected chi connectivity index (χ1v) is 9.92. The van der Waals surface area contributed by atoms with Gasteiger partial charge in [0.05, 0.1) is 25.7 Å². The van der Waals surface area contributed by atoms with E-state index in [0.29, 0.717) is 28.8 Å². The van der Waals surface area contributed by atoms with Crippen molar-refractivity contribution in [3.63, 3.8) is 0 Å². The molecule has 1 N–H and O–H groups in total. The number of nitriles is 1. The van der Waals surface area contributed by atoms with Crippen LogP contribution in [0.25, 0.3) is 5.69 Å². The first kappa shape index (κ1) is 20.6. The van der Waals surface area contributed by atoms with Crippen LogP contribution in [-0.2, 0) is 6.42 Å². The summed E-state index contributed by atoms with van der Waals surface area (Å²) in [6.07, 6.45) is -0.344. The third-order valence-electron chi connectivity index (χ3n) is 4.06. The van der Waals surface area contributed by atoms with Gasteiger partial charge in [0.15, 0.2) is 0 Å². The van der Waals surface area contributed by atoms with Crippen LogP contribution in [0.1, 0.15) is 11.1 Å². The predicted molar refractivity (Wildman–Crippen MR) is 108 cm³/mol. The van der Waals surface area contributed by atoms with Gasteiger partial charge in [-0.05, 0) is 52.7 Å². The maximum Gasteiger partial charge on any atom is 0.214 e. The summed E-state index contributed by atoms with van der Waals surface area (Å²) in [4.78, 5) is 0. The quantitative estimate of drug-likeness (QED) is 0.536. The van der Waals surface area contributed by atoms with Crippen LogP contribution in [0.15, 0.2) is 47.6 Å². The lowest BCUT2D eigenvalue weighted by atomic mass is 10.2. The summed E-state index contributed by atoms with van der Waals surface area (Å²) >= 11 is 1.33. The minimum absolute atomic E-state index is 0.139. The molecule has 29 heavy (non-hydrogen) atoms. The van der Waals surface area contributed by atoms with Crippen molar-refractivity contribution in [1.82, 2.24) is 20.2 Å². The molecule has 0 aliphatic carbocycles. The van der Waals surface area contributed by atoms with Crippen molar-refractivity contribution in [2.24, 2.45) is 0 Å². The van der Waals surface area contributed by atoms with Gasteiger partial charge in [-0.25, -0.2) is 0 Å². The Balaban J connectivity index is 1.58. The zero-order valence-corrected chi connectivity index (χ0v) is 17.0. The number of nitrogens with zero attached hydrogens (tertiary/aromatic N) is 5. The monoisotopic (exact) mass is 411 g/mol. The van der Waals surface area contributed by atoms with Crippen LogP contribution in [0.3, 0.4) is 0 Å². The molecular weight excluding hydrogens is 390 g/mol. The van der Waals surface area contributed by atoms with Gasteiger partial charge >= 0.3 is 0 Å². The number of hydrogen-bond acceptors (Lipinski definition) is 8. The first-order chi connectivity index (χ1) is 14.1. The van der Waals surface area contributed by atoms with E-state index in [2.05, 4.69) is 21.6 Å². The number of methoxy groups -OCH3 is 1. The average Bonchev–Trinajstić information content (AvgIpc) is 3.20. The summed E-state index contributed by atoms with van der Waals surface area (Å²) in [5.41, 5.74) is 2.72. The molecule has 0 spiro atoms. The summed E-state index contributed by atoms with van der Waals surface area (Å²) < 4.78 is 12.6. The fourth-order valence-electron chi connectivity index (χ4n) is 2.59. The second-order valence-electron chi connectivity index (χ2n) is 6.30. The lowest BCUT2D eigenvalue weighted by molar-refractivity contribution is 0.126. The number of rotatable bonds is 9. The molecule has 1 atom stereocenters. The van der Waals surface area contributed by atoms with E-state index in [1.807, 2.05) is 37.3 Å². The Labute approximate surface area is 173 Å². The number of ether oxygens (including phenoxy) is 2. The Morgan fingerprint density at radius 3 is 2.76 bits per heavy atom. The molecule has 0 aliphatic heterocycles. The lowest BCUT2D eigenvalue weighted by Crippen LogP contribution is -2.20. The molecule has 0 fully saturated rings. The molecule has 9 heteroatoms. The van der Waals surface area contributed by atoms with E-state index >= 15 is 0 Å². The summed E-state index contributed by atoms with van der Waals surface area (Å²) in [7, 11) is 1.60. The third-order valence-corrected chi connectivity index (χ3v) is 5.12. The van der Waals surface area contributed by atoms with E-state index in [1.165, 1.54) is 11.8 Å². The Hall–Kier alpha value is -3.09. The van der Waals surface area contributed by atoms with Crippen LogP contribution in [0.4, 0.5) is 0 Å². The first-order valence-electron chi connectivity index (χ1n) is 8.93. The second kappa shape index (κ2) is 9.91. The molecule has 0 radical (unpaired) electrons. The summed E-state index contributed by atoms with van der Waals surface area (Å²) in [6.45, 7) is 2.12. The van der Waals surface area contributed by atoms with Gasteiger partial charge in [-0.15, -0.1) is 5.10 Å². The molecule has 0 saturated carbocycles. The van der Waals surface area contributed by atoms with Gasteiger partial charge in [-0.2, -0.15) is 9.94 Å². The van der Waals surface area contributed by atoms with Gasteiger partial charge in [-0.1, -0.05) is 30.0 Å². The average molecular weight is 411 g/mol. The third kappa shape index (κ3) is 5.47. The predicted octanol–water partition coefficient (Wildman–Crippen LogP) is 2.58. The minimum Gasteiger partial charge on any atom is -0.494 e. The van der Waals surface area contributed by atoms with E-state index in [0.717, 1.165) is 16.8 Å². The van der Waals surface area contributed by atoms with Gasteiger partial charge in [-0.3, -0.25) is 0 Å². The van der Waals surface area contributed by atoms with Crippen LogP contribution < -0.4 is 9.47 Å². The van der Waals surface area contributed by atoms with Gasteiger partial charge in [0.25, 0.3) is 0 Å². The molecule has 0 unspecified atom stereocenters. The number of benzene rings is 2. The normalized spacial score (nSPS) is 11.7. The van der Waals surface area contributed by atoms with E-state index in [-0.39, 0.29) is 6.61 Å². The number of aromatic nitrogens is 4. The standard InChI is InChI=1S/C20H21N5O3S/c1-14-3-8-19(27-2)18(11-14)25-20(22-23-24-25)29-13-16(26)12-28-17-6-4-15(5-7-17)9-10-21/h3-8,11,16,26H,9,12-13H2,1-2H3/t16-/m1/s1. The SMILES string of the molecule is COc1ccc(C)cc1-n1nnnc1SC[C@H](O)COc1ccc(CC#N)cc1. The smallest absolute Gasteiger partial charge is 0.214 e. The Morgan fingerprint density at radius 2 is 2.03 bits per heavy atom. The van der Waals surface area contributed by atoms with Gasteiger partial charge in [0, 0.05) is 5.75 Å². The van der Waals surface area contributed by atoms with Crippen LogP contribution in [-0.4, -0.2) is 50.9 Å². The van der Waals surface area contributed by atoms with Gasteiger partial charge < -0.3 is 14.6 Å². The minimum atomic E-state index is -0.705. The van der Waals surface area contributed by atoms with Crippen molar-refractivity contribution in [3.05, 3.63) is 53.6 Å². The molecule has 0 aliphatic rings. The number of tetrazole rings is 1. The Bertz CT molecular complexity index is 985. The van der Waals surface area contributed by atoms with E-state index in [4.69, 9.17) is 14.7 Å². The maximum absolute atomic E-state index is 10.3. The molecule has 0 amide bonds. The molecule has 0 saturated heterocycles. The van der Waals surface area contributed by atoms with Crippen LogP contribution in [0.2, 0.25) is 0 Å².